The van der Waals surface area contributed by atoms with Gasteiger partial charge in [0.05, 0.1) is 25.6 Å². The molecule has 1 saturated heterocycles. The largest absolute Gasteiger partial charge is 0.481 e. The first kappa shape index (κ1) is 53.6. The molecule has 62 heavy (non-hydrogen) atoms. The Hall–Kier alpha value is -2.74. The minimum Gasteiger partial charge on any atom is -0.389 e. The van der Waals surface area contributed by atoms with E-state index in [1.807, 2.05) is 6.08 Å². The molecule has 0 radical (unpaired) electrons. The van der Waals surface area contributed by atoms with E-state index < -0.39 is 90.7 Å². The maximum absolute atomic E-state index is 12.7. The van der Waals surface area contributed by atoms with Crippen LogP contribution in [0, 0.1) is 5.41 Å². The van der Waals surface area contributed by atoms with Gasteiger partial charge in [-0.3, -0.25) is 32.5 Å². The number of aromatic nitrogens is 4. The highest BCUT2D eigenvalue weighted by Crippen LogP contribution is 2.61. The predicted molar refractivity (Wildman–Crippen MR) is 220 cm³/mol. The molecule has 8 atom stereocenters. The SMILES string of the molecule is CCCCCCC/C=C/C(O)CC(=O)SCCNC(=O)CCNC(=O)C(O)C(C)(C)COP(=O)(O)OP(=O)(O)OCC1OC(n2cnc3c(N)ncnc32)C(O)C1OP(=O)(O)O. The average Bonchev–Trinajstić information content (AvgIpc) is 3.74. The highest BCUT2D eigenvalue weighted by atomic mass is 32.2. The maximum atomic E-state index is 12.7. The third-order valence-electron chi connectivity index (χ3n) is 8.97. The number of ether oxygens (including phenoxy) is 1. The molecule has 1 fully saturated rings. The lowest BCUT2D eigenvalue weighted by Crippen LogP contribution is -2.46. The van der Waals surface area contributed by atoms with Gasteiger partial charge < -0.3 is 56.0 Å². The van der Waals surface area contributed by atoms with Crippen molar-refractivity contribution in [2.75, 3.05) is 37.8 Å². The average molecular weight is 964 g/mol. The molecule has 352 valence electrons. The van der Waals surface area contributed by atoms with Gasteiger partial charge >= 0.3 is 23.5 Å². The van der Waals surface area contributed by atoms with Crippen LogP contribution < -0.4 is 16.4 Å². The van der Waals surface area contributed by atoms with Gasteiger partial charge in [0.15, 0.2) is 22.8 Å². The Morgan fingerprint density at radius 1 is 1.02 bits per heavy atom. The van der Waals surface area contributed by atoms with E-state index in [2.05, 4.69) is 41.3 Å². The Morgan fingerprint density at radius 3 is 2.40 bits per heavy atom. The smallest absolute Gasteiger partial charge is 0.389 e. The van der Waals surface area contributed by atoms with Crippen molar-refractivity contribution in [2.45, 2.75) is 109 Å². The van der Waals surface area contributed by atoms with Gasteiger partial charge in [-0.15, -0.1) is 0 Å². The van der Waals surface area contributed by atoms with Crippen LogP contribution in [-0.4, -0.2) is 134 Å². The highest BCUT2D eigenvalue weighted by molar-refractivity contribution is 8.13. The van der Waals surface area contributed by atoms with Crippen LogP contribution in [-0.2, 0) is 50.7 Å². The molecule has 2 aromatic rings. The second-order valence-electron chi connectivity index (χ2n) is 14.7. The minimum absolute atomic E-state index is 0.0262. The fourth-order valence-electron chi connectivity index (χ4n) is 5.71. The van der Waals surface area contributed by atoms with Gasteiger partial charge in [0.2, 0.25) is 11.8 Å². The number of allylic oxidation sites excluding steroid dienone is 1. The van der Waals surface area contributed by atoms with Crippen molar-refractivity contribution in [3.05, 3.63) is 24.8 Å². The standard InChI is InChI=1S/C33H56N7O18P3S/c1-4-5-6-7-8-9-10-11-21(41)16-24(43)62-15-14-35-23(42)12-13-36-31(46)28(45)33(2,3)18-55-61(52,53)58-60(50,51)54-17-22-27(57-59(47,48)49)26(44)32(56-22)40-20-39-25-29(34)37-19-38-30(25)40/h10-11,19-22,26-28,32,41,44-45H,4-9,12-18H2,1-3H3,(H,35,42)(H,36,46)(H,50,51)(H,52,53)(H2,34,37,38)(H2,47,48,49)/b11-10+. The maximum Gasteiger partial charge on any atom is 0.481 e. The Kier molecular flexibility index (Phi) is 21.2. The summed E-state index contributed by atoms with van der Waals surface area (Å²) in [5.41, 5.74) is 4.24. The minimum atomic E-state index is -5.58. The molecule has 2 amide bonds. The molecule has 29 heteroatoms. The zero-order valence-corrected chi connectivity index (χ0v) is 37.7. The summed E-state index contributed by atoms with van der Waals surface area (Å²) < 4.78 is 62.2. The number of unbranched alkanes of at least 4 members (excludes halogenated alkanes) is 5. The van der Waals surface area contributed by atoms with Crippen LogP contribution in [0.3, 0.4) is 0 Å². The number of carbonyl (C=O) groups excluding carboxylic acids is 3. The summed E-state index contributed by atoms with van der Waals surface area (Å²) in [5, 5.41) is 36.2. The van der Waals surface area contributed by atoms with Crippen LogP contribution in [0.25, 0.3) is 11.2 Å². The van der Waals surface area contributed by atoms with Crippen molar-refractivity contribution in [2.24, 2.45) is 5.41 Å². The topological polar surface area (TPSA) is 384 Å². The van der Waals surface area contributed by atoms with Crippen molar-refractivity contribution in [3.63, 3.8) is 0 Å². The molecule has 3 rings (SSSR count). The Labute approximate surface area is 361 Å². The molecule has 0 aromatic carbocycles. The molecule has 1 aliphatic rings. The first-order chi connectivity index (χ1) is 28.9. The van der Waals surface area contributed by atoms with E-state index in [1.165, 1.54) is 26.7 Å². The van der Waals surface area contributed by atoms with E-state index in [1.54, 1.807) is 6.08 Å². The number of amides is 2. The van der Waals surface area contributed by atoms with Gasteiger partial charge in [0, 0.05) is 37.1 Å². The van der Waals surface area contributed by atoms with Crippen molar-refractivity contribution in [1.29, 1.82) is 0 Å². The number of aliphatic hydroxyl groups excluding tert-OH is 3. The summed E-state index contributed by atoms with van der Waals surface area (Å²) in [5.74, 6) is -1.26. The number of phosphoric acid groups is 3. The summed E-state index contributed by atoms with van der Waals surface area (Å²) in [6.07, 6.45) is 2.03. The van der Waals surface area contributed by atoms with Crippen LogP contribution in [0.4, 0.5) is 5.82 Å². The zero-order chi connectivity index (χ0) is 46.3. The van der Waals surface area contributed by atoms with Gasteiger partial charge in [-0.05, 0) is 12.8 Å². The van der Waals surface area contributed by atoms with Gasteiger partial charge in [0.25, 0.3) is 0 Å². The number of thioether (sulfide) groups is 1. The molecular formula is C33H56N7O18P3S. The van der Waals surface area contributed by atoms with Gasteiger partial charge in [0.1, 0.15) is 36.3 Å². The van der Waals surface area contributed by atoms with Crippen molar-refractivity contribution < 1.29 is 85.6 Å². The lowest BCUT2D eigenvalue weighted by atomic mass is 9.87. The van der Waals surface area contributed by atoms with Gasteiger partial charge in [-0.2, -0.15) is 4.31 Å². The third-order valence-corrected chi connectivity index (χ3v) is 13.0. The normalized spacial score (nSPS) is 21.4. The fourth-order valence-corrected chi connectivity index (χ4v) is 9.26. The number of nitrogens with one attached hydrogen (secondary N) is 2. The summed E-state index contributed by atoms with van der Waals surface area (Å²) in [6.45, 7) is 2.50. The number of nitrogen functional groups attached to an aromatic ring is 1. The summed E-state index contributed by atoms with van der Waals surface area (Å²) in [7, 11) is -16.4. The third kappa shape index (κ3) is 18.0. The van der Waals surface area contributed by atoms with Crippen LogP contribution in [0.5, 0.6) is 0 Å². The van der Waals surface area contributed by atoms with E-state index >= 15 is 0 Å². The molecule has 0 spiro atoms. The van der Waals surface area contributed by atoms with E-state index in [0.717, 1.165) is 54.7 Å². The van der Waals surface area contributed by atoms with Crippen molar-refractivity contribution in [3.8, 4) is 0 Å². The summed E-state index contributed by atoms with van der Waals surface area (Å²) in [6, 6.07) is 0. The molecule has 1 aliphatic heterocycles. The fraction of sp³-hybridized carbons (Fsp3) is 0.697. The highest BCUT2D eigenvalue weighted by Gasteiger charge is 2.50. The molecule has 0 saturated carbocycles. The second kappa shape index (κ2) is 24.5. The Morgan fingerprint density at radius 2 is 1.71 bits per heavy atom. The van der Waals surface area contributed by atoms with Crippen molar-refractivity contribution in [1.82, 2.24) is 30.2 Å². The van der Waals surface area contributed by atoms with Gasteiger partial charge in [-0.25, -0.2) is 28.6 Å². The second-order valence-corrected chi connectivity index (χ2v) is 20.1. The number of fused-ring (bicyclic) bond motifs is 1. The van der Waals surface area contributed by atoms with Crippen LogP contribution in [0.1, 0.15) is 78.4 Å². The molecule has 2 aromatic heterocycles. The van der Waals surface area contributed by atoms with E-state index in [0.29, 0.717) is 0 Å². The van der Waals surface area contributed by atoms with E-state index in [4.69, 9.17) is 19.5 Å². The number of nitrogens with two attached hydrogens (primary N) is 1. The molecule has 0 aliphatic carbocycles. The van der Waals surface area contributed by atoms with Crippen molar-refractivity contribution >= 4 is 69.1 Å². The van der Waals surface area contributed by atoms with Gasteiger partial charge in [-0.1, -0.05) is 70.4 Å². The molecular weight excluding hydrogens is 907 g/mol. The van der Waals surface area contributed by atoms with E-state index in [9.17, 15) is 63.0 Å². The monoisotopic (exact) mass is 963 g/mol. The molecule has 11 N–H and O–H groups in total. The number of rotatable bonds is 28. The number of hydrogen-bond donors (Lipinski definition) is 10. The number of imidazole rings is 1. The lowest BCUT2D eigenvalue weighted by Gasteiger charge is -2.30. The number of hydrogen-bond acceptors (Lipinski definition) is 19. The number of phosphoric ester groups is 3. The molecule has 0 bridgehead atoms. The quantitative estimate of drug-likeness (QED) is 0.0327. The molecule has 8 unspecified atom stereocenters. The van der Waals surface area contributed by atoms with Crippen LogP contribution in [0.2, 0.25) is 0 Å². The Bertz CT molecular complexity index is 1970. The first-order valence-corrected chi connectivity index (χ1v) is 24.8. The number of carbonyl (C=O) groups is 3. The number of nitrogens with zero attached hydrogens (tertiary/aromatic N) is 4. The predicted octanol–water partition coefficient (Wildman–Crippen LogP) is 1.33. The first-order valence-electron chi connectivity index (χ1n) is 19.3. The number of aliphatic hydroxyl groups is 3. The lowest BCUT2D eigenvalue weighted by molar-refractivity contribution is -0.137. The van der Waals surface area contributed by atoms with E-state index in [-0.39, 0.29) is 53.8 Å². The summed E-state index contributed by atoms with van der Waals surface area (Å²) in [4.78, 5) is 88.0. The Balaban J connectivity index is 1.40. The van der Waals surface area contributed by atoms with Crippen LogP contribution in [0.15, 0.2) is 24.8 Å². The number of anilines is 1. The molecule has 25 nitrogen and oxygen atoms in total. The van der Waals surface area contributed by atoms with Crippen LogP contribution >= 0.6 is 35.2 Å². The summed E-state index contributed by atoms with van der Waals surface area (Å²) >= 11 is 0.957. The molecule has 3 heterocycles. The zero-order valence-electron chi connectivity index (χ0n) is 34.2.